The van der Waals surface area contributed by atoms with Crippen molar-refractivity contribution in [3.8, 4) is 28.8 Å². The van der Waals surface area contributed by atoms with Crippen LogP contribution in [0.1, 0.15) is 5.56 Å². The van der Waals surface area contributed by atoms with Crippen molar-refractivity contribution in [2.24, 2.45) is 0 Å². The number of ether oxygens (including phenoxy) is 2. The SMILES string of the molecule is COc1cccc(-c2cc(C#N)cnc2OC)c1. The summed E-state index contributed by atoms with van der Waals surface area (Å²) in [6, 6.07) is 11.4. The fourth-order valence-corrected chi connectivity index (χ4v) is 1.67. The zero-order valence-electron chi connectivity index (χ0n) is 10.2. The maximum Gasteiger partial charge on any atom is 0.221 e. The fraction of sp³-hybridized carbons (Fsp3) is 0.143. The second-order valence-electron chi connectivity index (χ2n) is 3.62. The number of pyridine rings is 1. The lowest BCUT2D eigenvalue weighted by atomic mass is 10.1. The molecule has 1 aromatic heterocycles. The van der Waals surface area contributed by atoms with Crippen LogP contribution in [0.3, 0.4) is 0 Å². The van der Waals surface area contributed by atoms with E-state index in [0.29, 0.717) is 11.4 Å². The highest BCUT2D eigenvalue weighted by Crippen LogP contribution is 2.30. The van der Waals surface area contributed by atoms with Crippen LogP contribution in [0.4, 0.5) is 0 Å². The number of hydrogen-bond acceptors (Lipinski definition) is 4. The summed E-state index contributed by atoms with van der Waals surface area (Å²) in [5, 5.41) is 8.92. The highest BCUT2D eigenvalue weighted by molar-refractivity contribution is 5.71. The van der Waals surface area contributed by atoms with Crippen LogP contribution in [0.5, 0.6) is 11.6 Å². The molecule has 1 aromatic carbocycles. The number of nitriles is 1. The maximum absolute atomic E-state index is 8.92. The molecule has 0 saturated carbocycles. The van der Waals surface area contributed by atoms with Crippen molar-refractivity contribution >= 4 is 0 Å². The van der Waals surface area contributed by atoms with E-state index >= 15 is 0 Å². The van der Waals surface area contributed by atoms with Gasteiger partial charge in [0.05, 0.1) is 19.8 Å². The highest BCUT2D eigenvalue weighted by atomic mass is 16.5. The van der Waals surface area contributed by atoms with E-state index in [-0.39, 0.29) is 0 Å². The van der Waals surface area contributed by atoms with Gasteiger partial charge in [0.2, 0.25) is 5.88 Å². The van der Waals surface area contributed by atoms with Gasteiger partial charge in [-0.1, -0.05) is 12.1 Å². The smallest absolute Gasteiger partial charge is 0.221 e. The van der Waals surface area contributed by atoms with Gasteiger partial charge >= 0.3 is 0 Å². The molecule has 4 nitrogen and oxygen atoms in total. The predicted molar refractivity (Wildman–Crippen MR) is 67.5 cm³/mol. The molecule has 0 bridgehead atoms. The second kappa shape index (κ2) is 5.19. The van der Waals surface area contributed by atoms with Crippen molar-refractivity contribution < 1.29 is 9.47 Å². The Balaban J connectivity index is 2.57. The van der Waals surface area contributed by atoms with Gasteiger partial charge in [-0.05, 0) is 23.8 Å². The first-order valence-corrected chi connectivity index (χ1v) is 5.37. The topological polar surface area (TPSA) is 55.1 Å². The monoisotopic (exact) mass is 240 g/mol. The summed E-state index contributed by atoms with van der Waals surface area (Å²) in [5.74, 6) is 1.24. The molecule has 2 aromatic rings. The molecule has 0 aliphatic carbocycles. The number of benzene rings is 1. The Labute approximate surface area is 105 Å². The Morgan fingerprint density at radius 1 is 1.17 bits per heavy atom. The van der Waals surface area contributed by atoms with Gasteiger partial charge in [0.15, 0.2) is 0 Å². The van der Waals surface area contributed by atoms with Crippen LogP contribution in [0.2, 0.25) is 0 Å². The van der Waals surface area contributed by atoms with E-state index < -0.39 is 0 Å². The van der Waals surface area contributed by atoms with Gasteiger partial charge in [0, 0.05) is 11.8 Å². The first-order chi connectivity index (χ1) is 8.78. The lowest BCUT2D eigenvalue weighted by molar-refractivity contribution is 0.399. The average Bonchev–Trinajstić information content (AvgIpc) is 2.46. The molecule has 0 amide bonds. The van der Waals surface area contributed by atoms with Gasteiger partial charge in [-0.2, -0.15) is 5.26 Å². The van der Waals surface area contributed by atoms with Gasteiger partial charge in [-0.25, -0.2) is 4.98 Å². The molecule has 0 atom stereocenters. The number of methoxy groups -OCH3 is 2. The van der Waals surface area contributed by atoms with Crippen molar-refractivity contribution in [2.45, 2.75) is 0 Å². The van der Waals surface area contributed by atoms with Crippen molar-refractivity contribution in [1.29, 1.82) is 5.26 Å². The first-order valence-electron chi connectivity index (χ1n) is 5.37. The Morgan fingerprint density at radius 3 is 2.67 bits per heavy atom. The molecule has 0 unspecified atom stereocenters. The standard InChI is InChI=1S/C14H12N2O2/c1-17-12-5-3-4-11(7-12)13-6-10(8-15)9-16-14(13)18-2/h3-7,9H,1-2H3. The molecule has 0 fully saturated rings. The molecule has 0 aliphatic rings. The Hall–Kier alpha value is -2.54. The van der Waals surface area contributed by atoms with Crippen molar-refractivity contribution in [1.82, 2.24) is 4.98 Å². The van der Waals surface area contributed by atoms with Gasteiger partial charge < -0.3 is 9.47 Å². The van der Waals surface area contributed by atoms with Crippen LogP contribution in [0, 0.1) is 11.3 Å². The summed E-state index contributed by atoms with van der Waals surface area (Å²) in [7, 11) is 3.17. The van der Waals surface area contributed by atoms with E-state index in [1.165, 1.54) is 6.20 Å². The summed E-state index contributed by atoms with van der Waals surface area (Å²) < 4.78 is 10.4. The van der Waals surface area contributed by atoms with E-state index in [9.17, 15) is 0 Å². The Morgan fingerprint density at radius 2 is 2.00 bits per heavy atom. The van der Waals surface area contributed by atoms with E-state index in [1.54, 1.807) is 20.3 Å². The minimum Gasteiger partial charge on any atom is -0.497 e. The molecule has 90 valence electrons. The Bertz CT molecular complexity index is 603. The van der Waals surface area contributed by atoms with Crippen LogP contribution in [-0.4, -0.2) is 19.2 Å². The molecule has 1 heterocycles. The minimum absolute atomic E-state index is 0.488. The van der Waals surface area contributed by atoms with Crippen molar-refractivity contribution in [3.05, 3.63) is 42.1 Å². The fourth-order valence-electron chi connectivity index (χ4n) is 1.67. The van der Waals surface area contributed by atoms with Gasteiger partial charge in [0.25, 0.3) is 0 Å². The van der Waals surface area contributed by atoms with Crippen molar-refractivity contribution in [3.63, 3.8) is 0 Å². The number of hydrogen-bond donors (Lipinski definition) is 0. The minimum atomic E-state index is 0.488. The zero-order chi connectivity index (χ0) is 13.0. The van der Waals surface area contributed by atoms with Crippen molar-refractivity contribution in [2.75, 3.05) is 14.2 Å². The van der Waals surface area contributed by atoms with Crippen LogP contribution < -0.4 is 9.47 Å². The normalized spacial score (nSPS) is 9.61. The molecule has 0 radical (unpaired) electrons. The quantitative estimate of drug-likeness (QED) is 0.827. The molecule has 0 N–H and O–H groups in total. The molecule has 18 heavy (non-hydrogen) atoms. The maximum atomic E-state index is 8.92. The number of rotatable bonds is 3. The third kappa shape index (κ3) is 2.25. The second-order valence-corrected chi connectivity index (χ2v) is 3.62. The van der Waals surface area contributed by atoms with E-state index in [1.807, 2.05) is 24.3 Å². The van der Waals surface area contributed by atoms with Crippen LogP contribution in [-0.2, 0) is 0 Å². The predicted octanol–water partition coefficient (Wildman–Crippen LogP) is 2.64. The number of aromatic nitrogens is 1. The molecule has 0 spiro atoms. The summed E-state index contributed by atoms with van der Waals surface area (Å²) in [6.07, 6.45) is 1.49. The summed E-state index contributed by atoms with van der Waals surface area (Å²) in [6.45, 7) is 0. The highest BCUT2D eigenvalue weighted by Gasteiger charge is 2.09. The summed E-state index contributed by atoms with van der Waals surface area (Å²) in [4.78, 5) is 4.11. The molecule has 0 saturated heterocycles. The van der Waals surface area contributed by atoms with Crippen LogP contribution in [0.25, 0.3) is 11.1 Å². The molecule has 0 aliphatic heterocycles. The van der Waals surface area contributed by atoms with Crippen LogP contribution in [0.15, 0.2) is 36.5 Å². The third-order valence-corrected chi connectivity index (χ3v) is 2.55. The Kier molecular flexibility index (Phi) is 3.44. The molecule has 4 heteroatoms. The molecular formula is C14H12N2O2. The van der Waals surface area contributed by atoms with Crippen LogP contribution >= 0.6 is 0 Å². The van der Waals surface area contributed by atoms with Gasteiger partial charge in [-0.3, -0.25) is 0 Å². The van der Waals surface area contributed by atoms with E-state index in [4.69, 9.17) is 14.7 Å². The average molecular weight is 240 g/mol. The van der Waals surface area contributed by atoms with Gasteiger partial charge in [-0.15, -0.1) is 0 Å². The zero-order valence-corrected chi connectivity index (χ0v) is 10.2. The summed E-state index contributed by atoms with van der Waals surface area (Å²) >= 11 is 0. The first kappa shape index (κ1) is 11.9. The molecule has 2 rings (SSSR count). The van der Waals surface area contributed by atoms with Gasteiger partial charge in [0.1, 0.15) is 11.8 Å². The molecular weight excluding hydrogens is 228 g/mol. The van der Waals surface area contributed by atoms with E-state index in [0.717, 1.165) is 16.9 Å². The van der Waals surface area contributed by atoms with E-state index in [2.05, 4.69) is 11.1 Å². The largest absolute Gasteiger partial charge is 0.497 e. The number of nitrogens with zero attached hydrogens (tertiary/aromatic N) is 2. The third-order valence-electron chi connectivity index (χ3n) is 2.55. The lowest BCUT2D eigenvalue weighted by Crippen LogP contribution is -1.93. The lowest BCUT2D eigenvalue weighted by Gasteiger charge is -2.09. The summed E-state index contributed by atoms with van der Waals surface area (Å²) in [5.41, 5.74) is 2.17.